The third kappa shape index (κ3) is 8.40. The number of carbonyl (C=O) groups is 2. The molecule has 1 saturated carbocycles. The average Bonchev–Trinajstić information content (AvgIpc) is 3.07. The van der Waals surface area contributed by atoms with Crippen molar-refractivity contribution in [3.63, 3.8) is 0 Å². The number of nitrogens with one attached hydrogen (secondary N) is 1. The Bertz CT molecular complexity index is 1710. The molecular weight excluding hydrogens is 601 g/mol. The maximum atomic E-state index is 14.6. The second-order valence-corrected chi connectivity index (χ2v) is 13.7. The van der Waals surface area contributed by atoms with Gasteiger partial charge in [-0.05, 0) is 72.9 Å². The van der Waals surface area contributed by atoms with Crippen LogP contribution in [0.3, 0.4) is 0 Å². The second-order valence-electron chi connectivity index (χ2n) is 11.9. The van der Waals surface area contributed by atoms with E-state index in [0.29, 0.717) is 11.3 Å². The highest BCUT2D eigenvalue weighted by Gasteiger charge is 2.35. The summed E-state index contributed by atoms with van der Waals surface area (Å²) in [6.07, 6.45) is 5.13. The maximum absolute atomic E-state index is 14.6. The van der Waals surface area contributed by atoms with Gasteiger partial charge in [0, 0.05) is 19.0 Å². The summed E-state index contributed by atoms with van der Waals surface area (Å²) in [5.41, 5.74) is 2.64. The maximum Gasteiger partial charge on any atom is 0.264 e. The molecule has 46 heavy (non-hydrogen) atoms. The molecule has 0 aromatic heterocycles. The molecular formula is C37H40FN3O4S. The normalized spacial score (nSPS) is 14.3. The lowest BCUT2D eigenvalue weighted by molar-refractivity contribution is -0.140. The average molecular weight is 642 g/mol. The Balaban J connectivity index is 1.55. The molecule has 5 rings (SSSR count). The zero-order valence-corrected chi connectivity index (χ0v) is 26.8. The molecule has 240 valence electrons. The molecule has 9 heteroatoms. The van der Waals surface area contributed by atoms with E-state index in [1.54, 1.807) is 48.5 Å². The fourth-order valence-electron chi connectivity index (χ4n) is 5.92. The summed E-state index contributed by atoms with van der Waals surface area (Å²) >= 11 is 0. The minimum absolute atomic E-state index is 0.00421. The number of rotatable bonds is 12. The van der Waals surface area contributed by atoms with E-state index < -0.39 is 34.3 Å². The monoisotopic (exact) mass is 641 g/mol. The Morgan fingerprint density at radius 1 is 0.826 bits per heavy atom. The van der Waals surface area contributed by atoms with Gasteiger partial charge in [0.15, 0.2) is 0 Å². The number of nitrogens with zero attached hydrogens (tertiary/aromatic N) is 2. The van der Waals surface area contributed by atoms with Gasteiger partial charge in [0.2, 0.25) is 11.8 Å². The zero-order chi connectivity index (χ0) is 32.5. The van der Waals surface area contributed by atoms with E-state index in [9.17, 15) is 22.4 Å². The number of hydrogen-bond acceptors (Lipinski definition) is 4. The summed E-state index contributed by atoms with van der Waals surface area (Å²) in [5, 5.41) is 3.19. The predicted molar refractivity (Wildman–Crippen MR) is 178 cm³/mol. The molecule has 4 aromatic carbocycles. The number of halogens is 1. The van der Waals surface area contributed by atoms with Gasteiger partial charge in [-0.15, -0.1) is 0 Å². The molecule has 1 N–H and O–H groups in total. The standard InChI is InChI=1S/C37H40FN3O4S/c1-28-12-11-17-33(24-28)41(46(44,45)34-18-9-4-10-19-34)27-36(42)40(26-30-20-22-31(38)23-21-30)35(25-29-13-5-2-6-14-29)37(43)39-32-15-7-3-8-16-32/h2,4-6,9-14,17-24,32,35H,3,7-8,15-16,25-27H2,1H3,(H,39,43)/t35-/m1/s1. The highest BCUT2D eigenvalue weighted by atomic mass is 32.2. The number of hydrogen-bond donors (Lipinski definition) is 1. The van der Waals surface area contributed by atoms with Gasteiger partial charge < -0.3 is 10.2 Å². The van der Waals surface area contributed by atoms with Crippen molar-refractivity contribution >= 4 is 27.5 Å². The third-order valence-corrected chi connectivity index (χ3v) is 10.2. The summed E-state index contributed by atoms with van der Waals surface area (Å²) in [6.45, 7) is 1.30. The smallest absolute Gasteiger partial charge is 0.264 e. The molecule has 0 aliphatic heterocycles. The Labute approximate surface area is 271 Å². The van der Waals surface area contributed by atoms with E-state index in [4.69, 9.17) is 0 Å². The van der Waals surface area contributed by atoms with E-state index in [2.05, 4.69) is 5.32 Å². The van der Waals surface area contributed by atoms with Crippen molar-refractivity contribution in [1.82, 2.24) is 10.2 Å². The molecule has 0 unspecified atom stereocenters. The van der Waals surface area contributed by atoms with E-state index in [1.807, 2.05) is 43.3 Å². The van der Waals surface area contributed by atoms with Crippen LogP contribution in [0.4, 0.5) is 10.1 Å². The van der Waals surface area contributed by atoms with Gasteiger partial charge in [0.1, 0.15) is 18.4 Å². The van der Waals surface area contributed by atoms with Crippen LogP contribution in [-0.4, -0.2) is 43.8 Å². The fourth-order valence-corrected chi connectivity index (χ4v) is 7.34. The van der Waals surface area contributed by atoms with Crippen LogP contribution in [0.2, 0.25) is 0 Å². The van der Waals surface area contributed by atoms with Gasteiger partial charge in [0.05, 0.1) is 10.6 Å². The lowest BCUT2D eigenvalue weighted by Crippen LogP contribution is -2.55. The van der Waals surface area contributed by atoms with Crippen LogP contribution < -0.4 is 9.62 Å². The summed E-state index contributed by atoms with van der Waals surface area (Å²) in [4.78, 5) is 30.2. The van der Waals surface area contributed by atoms with Crippen molar-refractivity contribution in [2.24, 2.45) is 0 Å². The number of amides is 2. The zero-order valence-electron chi connectivity index (χ0n) is 26.0. The van der Waals surface area contributed by atoms with Crippen LogP contribution in [0.15, 0.2) is 114 Å². The number of anilines is 1. The van der Waals surface area contributed by atoms with E-state index in [-0.39, 0.29) is 29.8 Å². The first-order valence-corrected chi connectivity index (χ1v) is 17.2. The Morgan fingerprint density at radius 3 is 2.13 bits per heavy atom. The van der Waals surface area contributed by atoms with Crippen LogP contribution in [0.1, 0.15) is 48.8 Å². The quantitative estimate of drug-likeness (QED) is 0.194. The van der Waals surface area contributed by atoms with Crippen molar-refractivity contribution in [2.45, 2.75) is 69.0 Å². The van der Waals surface area contributed by atoms with Crippen molar-refractivity contribution in [3.05, 3.63) is 132 Å². The molecule has 4 aromatic rings. The van der Waals surface area contributed by atoms with Gasteiger partial charge in [-0.2, -0.15) is 0 Å². The van der Waals surface area contributed by atoms with Gasteiger partial charge in [-0.25, -0.2) is 12.8 Å². The molecule has 1 fully saturated rings. The van der Waals surface area contributed by atoms with Gasteiger partial charge in [-0.1, -0.05) is 92.1 Å². The van der Waals surface area contributed by atoms with Crippen molar-refractivity contribution in [2.75, 3.05) is 10.8 Å². The molecule has 0 bridgehead atoms. The molecule has 1 aliphatic rings. The first kappa shape index (κ1) is 32.9. The first-order chi connectivity index (χ1) is 22.2. The highest BCUT2D eigenvalue weighted by Crippen LogP contribution is 2.26. The second kappa shape index (κ2) is 15.2. The van der Waals surface area contributed by atoms with Crippen molar-refractivity contribution in [3.8, 4) is 0 Å². The third-order valence-electron chi connectivity index (χ3n) is 8.39. The molecule has 7 nitrogen and oxygen atoms in total. The summed E-state index contributed by atoms with van der Waals surface area (Å²) < 4.78 is 43.2. The fraction of sp³-hybridized carbons (Fsp3) is 0.297. The molecule has 0 spiro atoms. The minimum atomic E-state index is -4.17. The van der Waals surface area contributed by atoms with Crippen molar-refractivity contribution in [1.29, 1.82) is 0 Å². The molecule has 0 saturated heterocycles. The minimum Gasteiger partial charge on any atom is -0.352 e. The number of aryl methyl sites for hydroxylation is 1. The Morgan fingerprint density at radius 2 is 1.48 bits per heavy atom. The van der Waals surface area contributed by atoms with Crippen LogP contribution >= 0.6 is 0 Å². The number of sulfonamides is 1. The molecule has 2 amide bonds. The molecule has 0 radical (unpaired) electrons. The van der Waals surface area contributed by atoms with Gasteiger partial charge >= 0.3 is 0 Å². The van der Waals surface area contributed by atoms with Crippen molar-refractivity contribution < 1.29 is 22.4 Å². The number of carbonyl (C=O) groups excluding carboxylic acids is 2. The van der Waals surface area contributed by atoms with Crippen LogP contribution in [0, 0.1) is 12.7 Å². The SMILES string of the molecule is Cc1cccc(N(CC(=O)N(Cc2ccc(F)cc2)[C@H](Cc2ccccc2)C(=O)NC2CCCCC2)S(=O)(=O)c2ccccc2)c1. The first-order valence-electron chi connectivity index (χ1n) is 15.7. The van der Waals surface area contributed by atoms with Gasteiger partial charge in [0.25, 0.3) is 10.0 Å². The summed E-state index contributed by atoms with van der Waals surface area (Å²) in [6, 6.07) is 29.2. The largest absolute Gasteiger partial charge is 0.352 e. The lowest BCUT2D eigenvalue weighted by atomic mass is 9.94. The molecule has 1 atom stereocenters. The van der Waals surface area contributed by atoms with Crippen LogP contribution in [0.5, 0.6) is 0 Å². The van der Waals surface area contributed by atoms with E-state index in [1.165, 1.54) is 29.2 Å². The topological polar surface area (TPSA) is 86.8 Å². The van der Waals surface area contributed by atoms with E-state index in [0.717, 1.165) is 47.5 Å². The van der Waals surface area contributed by atoms with Gasteiger partial charge in [-0.3, -0.25) is 13.9 Å². The van der Waals surface area contributed by atoms with Crippen LogP contribution in [-0.2, 0) is 32.6 Å². The highest BCUT2D eigenvalue weighted by molar-refractivity contribution is 7.92. The Hall–Kier alpha value is -4.50. The Kier molecular flexibility index (Phi) is 10.9. The predicted octanol–water partition coefficient (Wildman–Crippen LogP) is 6.42. The molecule has 1 aliphatic carbocycles. The summed E-state index contributed by atoms with van der Waals surface area (Å²) in [7, 11) is -4.17. The summed E-state index contributed by atoms with van der Waals surface area (Å²) in [5.74, 6) is -1.26. The van der Waals surface area contributed by atoms with Crippen LogP contribution in [0.25, 0.3) is 0 Å². The van der Waals surface area contributed by atoms with E-state index >= 15 is 0 Å². The number of benzene rings is 4. The lowest BCUT2D eigenvalue weighted by Gasteiger charge is -2.35. The molecule has 0 heterocycles.